The van der Waals surface area contributed by atoms with Crippen LogP contribution in [0.3, 0.4) is 0 Å². The number of carbonyl (C=O) groups excluding carboxylic acids is 2. The Morgan fingerprint density at radius 2 is 1.39 bits per heavy atom. The largest absolute Gasteiger partial charge is 0.508 e. The number of ether oxygens (including phenoxy) is 8. The highest BCUT2D eigenvalue weighted by Crippen LogP contribution is 2.37. The molecule has 14 nitrogen and oxygen atoms in total. The van der Waals surface area contributed by atoms with Gasteiger partial charge in [0.2, 0.25) is 0 Å². The van der Waals surface area contributed by atoms with Crippen LogP contribution in [0.1, 0.15) is 12.0 Å². The van der Waals surface area contributed by atoms with Gasteiger partial charge in [-0.3, -0.25) is 9.69 Å². The molecule has 0 spiro atoms. The zero-order valence-electron chi connectivity index (χ0n) is 27.8. The highest BCUT2D eigenvalue weighted by atomic mass is 19.4. The number of benzene rings is 2. The summed E-state index contributed by atoms with van der Waals surface area (Å²) in [5.41, 5.74) is -1.27. The van der Waals surface area contributed by atoms with Crippen LogP contribution in [-0.4, -0.2) is 121 Å². The molecule has 0 unspecified atom stereocenters. The number of rotatable bonds is 22. The van der Waals surface area contributed by atoms with Crippen LogP contribution >= 0.6 is 0 Å². The lowest BCUT2D eigenvalue weighted by molar-refractivity contribution is -0.137. The second kappa shape index (κ2) is 20.6. The van der Waals surface area contributed by atoms with E-state index in [0.717, 1.165) is 6.07 Å². The minimum absolute atomic E-state index is 0.0143. The lowest BCUT2D eigenvalue weighted by Crippen LogP contribution is -2.25. The van der Waals surface area contributed by atoms with Crippen molar-refractivity contribution in [3.05, 3.63) is 64.4 Å². The molecule has 1 aliphatic heterocycles. The number of hydrogen-bond acceptors (Lipinski definition) is 12. The molecule has 0 saturated carbocycles. The third kappa shape index (κ3) is 12.8. The third-order valence-corrected chi connectivity index (χ3v) is 7.37. The number of aliphatic hydroxyl groups is 1. The van der Waals surface area contributed by atoms with E-state index >= 15 is 0 Å². The molecular weight excluding hydrogens is 685 g/mol. The van der Waals surface area contributed by atoms with Crippen LogP contribution in [0.2, 0.25) is 0 Å². The molecule has 2 heterocycles. The molecule has 1 aliphatic rings. The van der Waals surface area contributed by atoms with Crippen molar-refractivity contribution in [3.63, 3.8) is 0 Å². The fraction of sp³-hybridized carbons (Fsp3) is 0.500. The SMILES string of the molecule is O=C(OCCOCCOCCOCCOCCOCCO)OCC[C@@H]1CN(c2ccc3cc(-c4ccccc4C(F)(F)F)[nH]c(=O)c3c2)C(=O)O1. The molecule has 1 saturated heterocycles. The molecule has 1 aromatic heterocycles. The van der Waals surface area contributed by atoms with Crippen LogP contribution in [0.4, 0.5) is 28.4 Å². The number of aromatic nitrogens is 1. The number of aliphatic hydroxyl groups excluding tert-OH is 1. The van der Waals surface area contributed by atoms with Crippen molar-refractivity contribution in [1.82, 2.24) is 4.98 Å². The molecule has 2 aromatic carbocycles. The molecule has 280 valence electrons. The van der Waals surface area contributed by atoms with Gasteiger partial charge in [0, 0.05) is 28.8 Å². The van der Waals surface area contributed by atoms with Crippen LogP contribution in [0.25, 0.3) is 22.0 Å². The van der Waals surface area contributed by atoms with E-state index in [0.29, 0.717) is 70.5 Å². The summed E-state index contributed by atoms with van der Waals surface area (Å²) in [6.45, 7) is 3.54. The number of nitrogens with zero attached hydrogens (tertiary/aromatic N) is 1. The summed E-state index contributed by atoms with van der Waals surface area (Å²) in [6.07, 6.45) is -6.58. The maximum atomic E-state index is 13.5. The average molecular weight is 727 g/mol. The second-order valence-electron chi connectivity index (χ2n) is 11.0. The first-order chi connectivity index (χ1) is 24.7. The predicted molar refractivity (Wildman–Crippen MR) is 176 cm³/mol. The van der Waals surface area contributed by atoms with Crippen LogP contribution in [0.5, 0.6) is 0 Å². The summed E-state index contributed by atoms with van der Waals surface area (Å²) in [7, 11) is 0. The Kier molecular flexibility index (Phi) is 15.9. The fourth-order valence-electron chi connectivity index (χ4n) is 4.95. The van der Waals surface area contributed by atoms with Crippen molar-refractivity contribution >= 4 is 28.7 Å². The molecule has 1 atom stereocenters. The van der Waals surface area contributed by atoms with Gasteiger partial charge >= 0.3 is 18.4 Å². The van der Waals surface area contributed by atoms with E-state index in [9.17, 15) is 27.6 Å². The predicted octanol–water partition coefficient (Wildman–Crippen LogP) is 4.16. The third-order valence-electron chi connectivity index (χ3n) is 7.37. The minimum atomic E-state index is -4.61. The Bertz CT molecular complexity index is 1600. The number of nitrogens with one attached hydrogen (secondary N) is 1. The Morgan fingerprint density at radius 3 is 2.02 bits per heavy atom. The van der Waals surface area contributed by atoms with Crippen molar-refractivity contribution in [1.29, 1.82) is 0 Å². The monoisotopic (exact) mass is 726 g/mol. The summed E-state index contributed by atoms with van der Waals surface area (Å²) >= 11 is 0. The van der Waals surface area contributed by atoms with E-state index in [2.05, 4.69) is 4.98 Å². The van der Waals surface area contributed by atoms with Crippen molar-refractivity contribution in [2.75, 3.05) is 97.3 Å². The number of carbonyl (C=O) groups is 2. The fourth-order valence-corrected chi connectivity index (χ4v) is 4.95. The molecule has 0 aliphatic carbocycles. The van der Waals surface area contributed by atoms with E-state index < -0.39 is 35.7 Å². The zero-order valence-corrected chi connectivity index (χ0v) is 27.8. The van der Waals surface area contributed by atoms with Gasteiger partial charge in [-0.1, -0.05) is 24.3 Å². The standard InChI is InChI=1S/C34H41F3N2O12/c35-34(36,37)29-4-2-1-3-27(29)30-21-24-5-6-25(22-28(24)31(41)38-30)39-23-26(51-32(39)42)7-9-49-33(43)50-20-19-48-18-17-47-16-15-46-14-13-45-12-11-44-10-8-40/h1-6,21-22,26,40H,7-20,23H2,(H,38,41)/t26-/m1/s1. The Hall–Kier alpha value is -4.26. The first-order valence-corrected chi connectivity index (χ1v) is 16.3. The molecule has 1 fully saturated rings. The molecule has 0 bridgehead atoms. The molecule has 0 radical (unpaired) electrons. The molecule has 2 N–H and O–H groups in total. The van der Waals surface area contributed by atoms with Crippen LogP contribution in [0.15, 0.2) is 53.3 Å². The maximum absolute atomic E-state index is 13.5. The summed E-state index contributed by atoms with van der Waals surface area (Å²) in [4.78, 5) is 41.3. The number of anilines is 1. The van der Waals surface area contributed by atoms with Crippen molar-refractivity contribution in [2.24, 2.45) is 0 Å². The van der Waals surface area contributed by atoms with E-state index in [1.807, 2.05) is 0 Å². The highest BCUT2D eigenvalue weighted by Gasteiger charge is 2.34. The molecule has 3 aromatic rings. The van der Waals surface area contributed by atoms with E-state index in [-0.39, 0.29) is 56.0 Å². The minimum Gasteiger partial charge on any atom is -0.444 e. The molecule has 4 rings (SSSR count). The number of pyridine rings is 1. The molecular formula is C34H41F3N2O12. The normalized spacial score (nSPS) is 14.6. The van der Waals surface area contributed by atoms with Gasteiger partial charge in [-0.15, -0.1) is 0 Å². The number of halogens is 3. The number of H-pyrrole nitrogens is 1. The van der Waals surface area contributed by atoms with Gasteiger partial charge in [0.1, 0.15) is 12.7 Å². The van der Waals surface area contributed by atoms with E-state index in [1.165, 1.54) is 35.2 Å². The van der Waals surface area contributed by atoms with Crippen molar-refractivity contribution < 1.29 is 65.8 Å². The average Bonchev–Trinajstić information content (AvgIpc) is 3.48. The Morgan fingerprint density at radius 1 is 0.804 bits per heavy atom. The van der Waals surface area contributed by atoms with Gasteiger partial charge in [-0.2, -0.15) is 13.2 Å². The van der Waals surface area contributed by atoms with Crippen LogP contribution in [0, 0.1) is 0 Å². The molecule has 17 heteroatoms. The van der Waals surface area contributed by atoms with Crippen LogP contribution < -0.4 is 10.5 Å². The maximum Gasteiger partial charge on any atom is 0.508 e. The number of aromatic amines is 1. The first-order valence-electron chi connectivity index (χ1n) is 16.3. The van der Waals surface area contributed by atoms with Crippen molar-refractivity contribution in [2.45, 2.75) is 18.7 Å². The highest BCUT2D eigenvalue weighted by molar-refractivity contribution is 5.94. The zero-order chi connectivity index (χ0) is 36.5. The van der Waals surface area contributed by atoms with Gasteiger partial charge < -0.3 is 48.0 Å². The van der Waals surface area contributed by atoms with Gasteiger partial charge in [0.15, 0.2) is 0 Å². The number of amides is 1. The topological polar surface area (TPSA) is 164 Å². The lowest BCUT2D eigenvalue weighted by atomic mass is 10.0. The Balaban J connectivity index is 1.08. The van der Waals surface area contributed by atoms with Crippen LogP contribution in [-0.2, 0) is 44.1 Å². The van der Waals surface area contributed by atoms with Crippen molar-refractivity contribution in [3.8, 4) is 11.3 Å². The van der Waals surface area contributed by atoms with Gasteiger partial charge in [-0.25, -0.2) is 9.59 Å². The number of hydrogen-bond donors (Lipinski definition) is 2. The summed E-state index contributed by atoms with van der Waals surface area (Å²) in [5.74, 6) is 0. The summed E-state index contributed by atoms with van der Waals surface area (Å²) in [5, 5.41) is 9.16. The smallest absolute Gasteiger partial charge is 0.444 e. The summed E-state index contributed by atoms with van der Waals surface area (Å²) in [6, 6.07) is 11.0. The number of alkyl halides is 3. The molecule has 51 heavy (non-hydrogen) atoms. The quantitative estimate of drug-likeness (QED) is 0.112. The van der Waals surface area contributed by atoms with E-state index in [1.54, 1.807) is 12.1 Å². The first kappa shape index (κ1) is 39.5. The lowest BCUT2D eigenvalue weighted by Gasteiger charge is -2.15. The Labute approximate surface area is 291 Å². The number of fused-ring (bicyclic) bond motifs is 1. The molecule has 1 amide bonds. The van der Waals surface area contributed by atoms with Gasteiger partial charge in [0.05, 0.1) is 91.4 Å². The van der Waals surface area contributed by atoms with Gasteiger partial charge in [-0.05, 0) is 29.7 Å². The van der Waals surface area contributed by atoms with Gasteiger partial charge in [0.25, 0.3) is 5.56 Å². The van der Waals surface area contributed by atoms with E-state index in [4.69, 9.17) is 43.0 Å². The summed E-state index contributed by atoms with van der Waals surface area (Å²) < 4.78 is 82.5. The number of cyclic esters (lactones) is 1. The second-order valence-corrected chi connectivity index (χ2v) is 11.0.